The number of fused-ring (bicyclic) bond motifs is 5. The van der Waals surface area contributed by atoms with E-state index in [0.717, 1.165) is 47.3 Å². The number of methoxy groups -OCH3 is 1. The van der Waals surface area contributed by atoms with Crippen molar-refractivity contribution in [3.63, 3.8) is 0 Å². The number of aromatic nitrogens is 1. The minimum absolute atomic E-state index is 0.279. The number of para-hydroxylation sites is 1. The molecular formula is C35H47N3O6. The second-order valence-electron chi connectivity index (χ2n) is 12.8. The van der Waals surface area contributed by atoms with E-state index in [2.05, 4.69) is 22.0 Å². The minimum atomic E-state index is -0.660. The zero-order valence-corrected chi connectivity index (χ0v) is 26.8. The molecule has 5 rings (SSSR count). The first kappa shape index (κ1) is 31.9. The van der Waals surface area contributed by atoms with Gasteiger partial charge in [-0.3, -0.25) is 4.90 Å². The monoisotopic (exact) mass is 605 g/mol. The van der Waals surface area contributed by atoms with Crippen molar-refractivity contribution in [2.45, 2.75) is 77.0 Å². The van der Waals surface area contributed by atoms with Gasteiger partial charge in [0.25, 0.3) is 0 Å². The van der Waals surface area contributed by atoms with Gasteiger partial charge in [-0.2, -0.15) is 0 Å². The second-order valence-corrected chi connectivity index (χ2v) is 12.8. The Morgan fingerprint density at radius 2 is 1.84 bits per heavy atom. The summed E-state index contributed by atoms with van der Waals surface area (Å²) in [5.41, 5.74) is 4.23. The smallest absolute Gasteiger partial charge is 0.410 e. The lowest BCUT2D eigenvalue weighted by atomic mass is 9.81. The van der Waals surface area contributed by atoms with Crippen LogP contribution in [0.3, 0.4) is 0 Å². The first-order valence-corrected chi connectivity index (χ1v) is 15.9. The Bertz CT molecular complexity index is 1450. The molecule has 0 radical (unpaired) electrons. The molecule has 0 bridgehead atoms. The maximum absolute atomic E-state index is 13.7. The summed E-state index contributed by atoms with van der Waals surface area (Å²) in [6, 6.07) is 13.7. The molecule has 1 saturated carbocycles. The molecule has 9 heteroatoms. The molecule has 2 heterocycles. The van der Waals surface area contributed by atoms with Gasteiger partial charge in [0.05, 0.1) is 37.6 Å². The van der Waals surface area contributed by atoms with Gasteiger partial charge in [0.1, 0.15) is 18.0 Å². The molecule has 1 N–H and O–H groups in total. The first-order chi connectivity index (χ1) is 21.2. The highest BCUT2D eigenvalue weighted by molar-refractivity contribution is 5.99. The van der Waals surface area contributed by atoms with Crippen molar-refractivity contribution < 1.29 is 28.5 Å². The van der Waals surface area contributed by atoms with Gasteiger partial charge in [0.2, 0.25) is 0 Å². The number of likely N-dealkylation sites (N-methyl/N-ethyl adjacent to an activating group) is 1. The summed E-state index contributed by atoms with van der Waals surface area (Å²) in [4.78, 5) is 28.2. The molecule has 1 aliphatic heterocycles. The topological polar surface area (TPSA) is 91.3 Å². The van der Waals surface area contributed by atoms with E-state index < -0.39 is 11.7 Å². The third-order valence-corrected chi connectivity index (χ3v) is 8.55. The SMILES string of the molecule is CNCCOCCN(C(=O)OC(C)(C)C)[C@H]1COc2ccccc2-c2c(C3CCCCC3)c3ccc(C(=O)OC)cc3n2C1. The average molecular weight is 606 g/mol. The van der Waals surface area contributed by atoms with Gasteiger partial charge in [0, 0.05) is 36.1 Å². The van der Waals surface area contributed by atoms with Crippen molar-refractivity contribution in [2.24, 2.45) is 0 Å². The Morgan fingerprint density at radius 3 is 2.57 bits per heavy atom. The van der Waals surface area contributed by atoms with Crippen molar-refractivity contribution in [2.75, 3.05) is 47.1 Å². The maximum Gasteiger partial charge on any atom is 0.410 e. The Hall–Kier alpha value is -3.56. The molecule has 3 aromatic rings. The molecule has 0 spiro atoms. The van der Waals surface area contributed by atoms with Crippen LogP contribution in [-0.2, 0) is 20.8 Å². The zero-order valence-electron chi connectivity index (χ0n) is 26.8. The molecule has 1 atom stereocenters. The molecule has 0 saturated heterocycles. The fraction of sp³-hybridized carbons (Fsp3) is 0.543. The number of hydrogen-bond acceptors (Lipinski definition) is 7. The number of amides is 1. The predicted molar refractivity (Wildman–Crippen MR) is 172 cm³/mol. The van der Waals surface area contributed by atoms with Gasteiger partial charge in [-0.05, 0) is 76.4 Å². The van der Waals surface area contributed by atoms with Crippen LogP contribution < -0.4 is 10.1 Å². The molecular weight excluding hydrogens is 558 g/mol. The number of esters is 1. The van der Waals surface area contributed by atoms with Gasteiger partial charge >= 0.3 is 12.1 Å². The number of benzene rings is 2. The van der Waals surface area contributed by atoms with Gasteiger partial charge in [-0.15, -0.1) is 0 Å². The van der Waals surface area contributed by atoms with Crippen LogP contribution in [-0.4, -0.2) is 80.2 Å². The average Bonchev–Trinajstić information content (AvgIpc) is 3.31. The molecule has 2 aromatic carbocycles. The third-order valence-electron chi connectivity index (χ3n) is 8.55. The highest BCUT2D eigenvalue weighted by atomic mass is 16.6. The van der Waals surface area contributed by atoms with Gasteiger partial charge < -0.3 is 28.8 Å². The fourth-order valence-corrected chi connectivity index (χ4v) is 6.51. The number of ether oxygens (including phenoxy) is 4. The van der Waals surface area contributed by atoms with Crippen molar-refractivity contribution in [1.82, 2.24) is 14.8 Å². The lowest BCUT2D eigenvalue weighted by Gasteiger charge is -2.35. The maximum atomic E-state index is 13.7. The minimum Gasteiger partial charge on any atom is -0.491 e. The molecule has 1 aliphatic carbocycles. The summed E-state index contributed by atoms with van der Waals surface area (Å²) in [5, 5.41) is 4.22. The van der Waals surface area contributed by atoms with Crippen LogP contribution in [0.2, 0.25) is 0 Å². The van der Waals surface area contributed by atoms with Crippen molar-refractivity contribution >= 4 is 23.0 Å². The zero-order chi connectivity index (χ0) is 31.3. The Kier molecular flexibility index (Phi) is 10.2. The Balaban J connectivity index is 1.66. The molecule has 9 nitrogen and oxygen atoms in total. The van der Waals surface area contributed by atoms with Crippen LogP contribution in [0.15, 0.2) is 42.5 Å². The van der Waals surface area contributed by atoms with Gasteiger partial charge in [-0.1, -0.05) is 37.5 Å². The summed E-state index contributed by atoms with van der Waals surface area (Å²) >= 11 is 0. The Morgan fingerprint density at radius 1 is 1.07 bits per heavy atom. The van der Waals surface area contributed by atoms with Crippen molar-refractivity contribution in [3.05, 3.63) is 53.6 Å². The summed E-state index contributed by atoms with van der Waals surface area (Å²) in [6.07, 6.45) is 5.46. The van der Waals surface area contributed by atoms with Crippen LogP contribution in [0.4, 0.5) is 4.79 Å². The van der Waals surface area contributed by atoms with E-state index in [9.17, 15) is 9.59 Å². The van der Waals surface area contributed by atoms with Crippen LogP contribution in [0, 0.1) is 0 Å². The molecule has 1 amide bonds. The highest BCUT2D eigenvalue weighted by Crippen LogP contribution is 2.47. The van der Waals surface area contributed by atoms with E-state index in [0.29, 0.717) is 37.8 Å². The number of rotatable bonds is 9. The lowest BCUT2D eigenvalue weighted by molar-refractivity contribution is -0.000127. The van der Waals surface area contributed by atoms with Crippen LogP contribution in [0.25, 0.3) is 22.2 Å². The number of hydrogen-bond donors (Lipinski definition) is 1. The van der Waals surface area contributed by atoms with Crippen molar-refractivity contribution in [1.29, 1.82) is 0 Å². The molecule has 0 unspecified atom stereocenters. The molecule has 1 fully saturated rings. The second kappa shape index (κ2) is 14.0. The van der Waals surface area contributed by atoms with Crippen LogP contribution in [0.1, 0.15) is 74.7 Å². The third kappa shape index (κ3) is 7.05. The number of carbonyl (C=O) groups is 2. The highest BCUT2D eigenvalue weighted by Gasteiger charge is 2.35. The quantitative estimate of drug-likeness (QED) is 0.224. The van der Waals surface area contributed by atoms with Crippen LogP contribution >= 0.6 is 0 Å². The summed E-state index contributed by atoms with van der Waals surface area (Å²) < 4.78 is 25.7. The van der Waals surface area contributed by atoms with E-state index >= 15 is 0 Å². The van der Waals surface area contributed by atoms with Gasteiger partial charge in [0.15, 0.2) is 0 Å². The summed E-state index contributed by atoms with van der Waals surface area (Å²) in [6.45, 7) is 8.36. The fourth-order valence-electron chi connectivity index (χ4n) is 6.51. The van der Waals surface area contributed by atoms with E-state index in [4.69, 9.17) is 18.9 Å². The van der Waals surface area contributed by atoms with Gasteiger partial charge in [-0.25, -0.2) is 9.59 Å². The number of nitrogens with one attached hydrogen (secondary N) is 1. The van der Waals surface area contributed by atoms with Crippen LogP contribution in [0.5, 0.6) is 5.75 Å². The number of carbonyl (C=O) groups excluding carboxylic acids is 2. The lowest BCUT2D eigenvalue weighted by Crippen LogP contribution is -2.49. The number of nitrogens with zero attached hydrogens (tertiary/aromatic N) is 2. The van der Waals surface area contributed by atoms with Crippen molar-refractivity contribution in [3.8, 4) is 17.0 Å². The standard InChI is InChI=1S/C35H47N3O6/c1-35(2,3)44-34(40)37(18-20-42-19-17-36-4)26-22-38-29-21-25(33(39)41-5)15-16-27(29)31(24-11-7-6-8-12-24)32(38)28-13-9-10-14-30(28)43-23-26/h9-10,13-16,21,24,26,36H,6-8,11-12,17-20,22-23H2,1-5H3/t26-/m1/s1. The molecule has 44 heavy (non-hydrogen) atoms. The summed E-state index contributed by atoms with van der Waals surface area (Å²) in [5.74, 6) is 0.794. The predicted octanol–water partition coefficient (Wildman–Crippen LogP) is 6.38. The molecule has 1 aromatic heterocycles. The first-order valence-electron chi connectivity index (χ1n) is 15.9. The van der Waals surface area contributed by atoms with E-state index in [1.54, 1.807) is 4.90 Å². The normalized spacial score (nSPS) is 17.2. The molecule has 238 valence electrons. The van der Waals surface area contributed by atoms with E-state index in [1.165, 1.54) is 31.9 Å². The molecule has 2 aliphatic rings. The van der Waals surface area contributed by atoms with E-state index in [-0.39, 0.29) is 18.6 Å². The summed E-state index contributed by atoms with van der Waals surface area (Å²) in [7, 11) is 3.29. The Labute approximate surface area is 260 Å². The van der Waals surface area contributed by atoms with E-state index in [1.807, 2.05) is 58.2 Å². The largest absolute Gasteiger partial charge is 0.491 e.